The Morgan fingerprint density at radius 2 is 2.04 bits per heavy atom. The number of carbonyl (C=O) groups excluding carboxylic acids is 1. The second-order valence-electron chi connectivity index (χ2n) is 6.63. The van der Waals surface area contributed by atoms with E-state index in [2.05, 4.69) is 0 Å². The highest BCUT2D eigenvalue weighted by molar-refractivity contribution is 5.96. The predicted octanol–water partition coefficient (Wildman–Crippen LogP) is 5.19. The van der Waals surface area contributed by atoms with Gasteiger partial charge in [-0.25, -0.2) is 8.78 Å². The van der Waals surface area contributed by atoms with Crippen molar-refractivity contribution in [2.24, 2.45) is 0 Å². The average Bonchev–Trinajstić information content (AvgIpc) is 2.61. The monoisotopic (exact) mass is 359 g/mol. The molecule has 0 amide bonds. The molecule has 1 heterocycles. The van der Waals surface area contributed by atoms with Gasteiger partial charge in [0.2, 0.25) is 0 Å². The number of Topliss-reactive ketones (excluding diaryl/α,β-unsaturated/α-hetero) is 1. The molecule has 1 saturated heterocycles. The van der Waals surface area contributed by atoms with E-state index in [0.717, 1.165) is 16.8 Å². The van der Waals surface area contributed by atoms with Gasteiger partial charge in [-0.2, -0.15) is 0 Å². The number of alkyl halides is 2. The van der Waals surface area contributed by atoms with Gasteiger partial charge in [0, 0.05) is 29.8 Å². The molecule has 26 heavy (non-hydrogen) atoms. The van der Waals surface area contributed by atoms with E-state index in [9.17, 15) is 13.6 Å². The van der Waals surface area contributed by atoms with Crippen LogP contribution in [-0.4, -0.2) is 31.4 Å². The molecule has 0 atom stereocenters. The third-order valence-corrected chi connectivity index (χ3v) is 4.60. The second kappa shape index (κ2) is 7.44. The first kappa shape index (κ1) is 18.4. The van der Waals surface area contributed by atoms with E-state index in [1.54, 1.807) is 23.1 Å². The Morgan fingerprint density at radius 3 is 2.73 bits per heavy atom. The van der Waals surface area contributed by atoms with Crippen LogP contribution in [-0.2, 0) is 0 Å². The van der Waals surface area contributed by atoms with Crippen LogP contribution in [0, 0.1) is 0 Å². The lowest BCUT2D eigenvalue weighted by Gasteiger charge is -2.34. The standard InChI is InChI=1S/C21H23F2NO2/c1-3-26-20-9-8-16(15(2)25)13-19(20)17-6-4-7-18(12-17)24-11-5-10-21(22,23)14-24/h4,6-9,12-13H,3,5,10-11,14H2,1-2H3. The summed E-state index contributed by atoms with van der Waals surface area (Å²) in [6, 6.07) is 12.8. The number of carbonyl (C=O) groups is 1. The molecule has 1 aliphatic heterocycles. The Kier molecular flexibility index (Phi) is 5.25. The van der Waals surface area contributed by atoms with Gasteiger partial charge in [0.1, 0.15) is 5.75 Å². The van der Waals surface area contributed by atoms with E-state index < -0.39 is 5.92 Å². The summed E-state index contributed by atoms with van der Waals surface area (Å²) in [6.07, 6.45) is 0.416. The van der Waals surface area contributed by atoms with Gasteiger partial charge in [-0.15, -0.1) is 0 Å². The summed E-state index contributed by atoms with van der Waals surface area (Å²) in [6.45, 7) is 4.28. The van der Waals surface area contributed by atoms with Crippen molar-refractivity contribution in [1.29, 1.82) is 0 Å². The molecular formula is C21H23F2NO2. The molecule has 0 radical (unpaired) electrons. The van der Waals surface area contributed by atoms with Crippen LogP contribution in [0.1, 0.15) is 37.0 Å². The fourth-order valence-corrected chi connectivity index (χ4v) is 3.31. The molecule has 138 valence electrons. The first-order valence-corrected chi connectivity index (χ1v) is 8.90. The minimum absolute atomic E-state index is 0.0267. The lowest BCUT2D eigenvalue weighted by Crippen LogP contribution is -2.42. The molecule has 0 saturated carbocycles. The van der Waals surface area contributed by atoms with E-state index in [0.29, 0.717) is 30.9 Å². The molecule has 3 rings (SSSR count). The summed E-state index contributed by atoms with van der Waals surface area (Å²) in [4.78, 5) is 13.5. The number of piperidine rings is 1. The van der Waals surface area contributed by atoms with Gasteiger partial charge in [0.05, 0.1) is 13.2 Å². The Labute approximate surface area is 152 Å². The number of halogens is 2. The molecule has 2 aromatic carbocycles. The zero-order valence-electron chi connectivity index (χ0n) is 15.1. The summed E-state index contributed by atoms with van der Waals surface area (Å²) < 4.78 is 33.2. The van der Waals surface area contributed by atoms with Gasteiger partial charge in [-0.3, -0.25) is 4.79 Å². The Balaban J connectivity index is 1.99. The summed E-state index contributed by atoms with van der Waals surface area (Å²) in [5.41, 5.74) is 3.00. The molecule has 2 aromatic rings. The highest BCUT2D eigenvalue weighted by Gasteiger charge is 2.35. The molecular weight excluding hydrogens is 336 g/mol. The van der Waals surface area contributed by atoms with Gasteiger partial charge in [-0.1, -0.05) is 12.1 Å². The van der Waals surface area contributed by atoms with E-state index in [1.807, 2.05) is 31.2 Å². The Morgan fingerprint density at radius 1 is 1.23 bits per heavy atom. The molecule has 3 nitrogen and oxygen atoms in total. The van der Waals surface area contributed by atoms with Crippen molar-refractivity contribution < 1.29 is 18.3 Å². The quantitative estimate of drug-likeness (QED) is 0.688. The average molecular weight is 359 g/mol. The summed E-state index contributed by atoms with van der Waals surface area (Å²) in [5, 5.41) is 0. The van der Waals surface area contributed by atoms with E-state index in [4.69, 9.17) is 4.74 Å². The molecule has 0 bridgehead atoms. The first-order valence-electron chi connectivity index (χ1n) is 8.90. The van der Waals surface area contributed by atoms with Crippen LogP contribution < -0.4 is 9.64 Å². The molecule has 1 fully saturated rings. The molecule has 0 spiro atoms. The van der Waals surface area contributed by atoms with Gasteiger partial charge in [-0.05, 0) is 56.2 Å². The molecule has 5 heteroatoms. The molecule has 0 N–H and O–H groups in total. The molecule has 0 aromatic heterocycles. The largest absolute Gasteiger partial charge is 0.493 e. The van der Waals surface area contributed by atoms with Gasteiger partial charge in [0.15, 0.2) is 5.78 Å². The van der Waals surface area contributed by atoms with Crippen molar-refractivity contribution in [3.8, 4) is 16.9 Å². The van der Waals surface area contributed by atoms with E-state index in [-0.39, 0.29) is 18.7 Å². The Hall–Kier alpha value is -2.43. The van der Waals surface area contributed by atoms with Gasteiger partial charge < -0.3 is 9.64 Å². The maximum atomic E-state index is 13.8. The van der Waals surface area contributed by atoms with Crippen molar-refractivity contribution >= 4 is 11.5 Å². The van der Waals surface area contributed by atoms with E-state index in [1.165, 1.54) is 6.92 Å². The maximum absolute atomic E-state index is 13.8. The van der Waals surface area contributed by atoms with Crippen molar-refractivity contribution in [3.05, 3.63) is 48.0 Å². The summed E-state index contributed by atoms with van der Waals surface area (Å²) in [5.74, 6) is -2.00. The van der Waals surface area contributed by atoms with E-state index >= 15 is 0 Å². The lowest BCUT2D eigenvalue weighted by molar-refractivity contribution is -0.0116. The minimum Gasteiger partial charge on any atom is -0.493 e. The number of hydrogen-bond acceptors (Lipinski definition) is 3. The highest BCUT2D eigenvalue weighted by Crippen LogP contribution is 2.35. The number of nitrogens with zero attached hydrogens (tertiary/aromatic N) is 1. The first-order chi connectivity index (χ1) is 12.4. The third kappa shape index (κ3) is 4.03. The van der Waals surface area contributed by atoms with Crippen LogP contribution in [0.25, 0.3) is 11.1 Å². The second-order valence-corrected chi connectivity index (χ2v) is 6.63. The van der Waals surface area contributed by atoms with Crippen molar-refractivity contribution in [1.82, 2.24) is 0 Å². The minimum atomic E-state index is -2.65. The highest BCUT2D eigenvalue weighted by atomic mass is 19.3. The number of ketones is 1. The van der Waals surface area contributed by atoms with Crippen LogP contribution in [0.4, 0.5) is 14.5 Å². The maximum Gasteiger partial charge on any atom is 0.265 e. The predicted molar refractivity (Wildman–Crippen MR) is 99.4 cm³/mol. The molecule has 0 aliphatic carbocycles. The summed E-state index contributed by atoms with van der Waals surface area (Å²) in [7, 11) is 0. The third-order valence-electron chi connectivity index (χ3n) is 4.60. The molecule has 0 unspecified atom stereocenters. The zero-order valence-corrected chi connectivity index (χ0v) is 15.1. The van der Waals surface area contributed by atoms with Crippen LogP contribution in [0.15, 0.2) is 42.5 Å². The number of ether oxygens (including phenoxy) is 1. The SMILES string of the molecule is CCOc1ccc(C(C)=O)cc1-c1cccc(N2CCCC(F)(F)C2)c1. The number of anilines is 1. The van der Waals surface area contributed by atoms with Gasteiger partial charge in [0.25, 0.3) is 5.92 Å². The Bertz CT molecular complexity index is 804. The van der Waals surface area contributed by atoms with Crippen molar-refractivity contribution in [3.63, 3.8) is 0 Å². The normalized spacial score (nSPS) is 16.4. The number of benzene rings is 2. The lowest BCUT2D eigenvalue weighted by atomic mass is 9.99. The van der Waals surface area contributed by atoms with Crippen LogP contribution in [0.5, 0.6) is 5.75 Å². The van der Waals surface area contributed by atoms with Crippen LogP contribution in [0.2, 0.25) is 0 Å². The van der Waals surface area contributed by atoms with Crippen LogP contribution in [0.3, 0.4) is 0 Å². The zero-order chi connectivity index (χ0) is 18.7. The van der Waals surface area contributed by atoms with Crippen molar-refractivity contribution in [2.45, 2.75) is 32.6 Å². The van der Waals surface area contributed by atoms with Gasteiger partial charge >= 0.3 is 0 Å². The number of rotatable bonds is 5. The topological polar surface area (TPSA) is 29.5 Å². The van der Waals surface area contributed by atoms with Crippen molar-refractivity contribution in [2.75, 3.05) is 24.6 Å². The van der Waals surface area contributed by atoms with Crippen LogP contribution >= 0.6 is 0 Å². The molecule has 1 aliphatic rings. The number of hydrogen-bond donors (Lipinski definition) is 0. The fourth-order valence-electron chi connectivity index (χ4n) is 3.31. The fraction of sp³-hybridized carbons (Fsp3) is 0.381. The smallest absolute Gasteiger partial charge is 0.265 e. The summed E-state index contributed by atoms with van der Waals surface area (Å²) >= 11 is 0.